The molecule has 1 N–H and O–H groups in total. The Morgan fingerprint density at radius 1 is 1.32 bits per heavy atom. The van der Waals surface area contributed by atoms with E-state index in [1.165, 1.54) is 10.4 Å². The Labute approximate surface area is 136 Å². The van der Waals surface area contributed by atoms with Gasteiger partial charge in [0, 0.05) is 14.4 Å². The summed E-state index contributed by atoms with van der Waals surface area (Å²) < 4.78 is 1.73. The van der Waals surface area contributed by atoms with Crippen molar-refractivity contribution in [3.63, 3.8) is 0 Å². The average molecular weight is 379 g/mol. The van der Waals surface area contributed by atoms with E-state index in [0.29, 0.717) is 0 Å². The number of halogens is 3. The maximum atomic E-state index is 6.14. The van der Waals surface area contributed by atoms with Crippen LogP contribution in [0.25, 0.3) is 0 Å². The minimum Gasteiger partial charge on any atom is -0.306 e. The molecule has 0 fully saturated rings. The first-order valence-electron chi connectivity index (χ1n) is 5.97. The van der Waals surface area contributed by atoms with Gasteiger partial charge in [-0.05, 0) is 52.7 Å². The molecular formula is C14H14BrCl2NS. The third-order valence-electron chi connectivity index (χ3n) is 2.87. The second-order valence-corrected chi connectivity index (χ2v) is 7.22. The van der Waals surface area contributed by atoms with Gasteiger partial charge in [-0.15, -0.1) is 11.3 Å². The minimum absolute atomic E-state index is 0.148. The Kier molecular flexibility index (Phi) is 5.32. The first-order chi connectivity index (χ1) is 9.02. The van der Waals surface area contributed by atoms with Gasteiger partial charge in [-0.1, -0.05) is 42.3 Å². The molecular weight excluding hydrogens is 365 g/mol. The lowest BCUT2D eigenvalue weighted by Gasteiger charge is -2.17. The van der Waals surface area contributed by atoms with Crippen molar-refractivity contribution in [2.45, 2.75) is 19.9 Å². The van der Waals surface area contributed by atoms with Crippen molar-refractivity contribution in [3.05, 3.63) is 54.1 Å². The molecule has 1 heterocycles. The van der Waals surface area contributed by atoms with E-state index in [9.17, 15) is 0 Å². The molecule has 1 unspecified atom stereocenters. The minimum atomic E-state index is 0.148. The van der Waals surface area contributed by atoms with Gasteiger partial charge in [0.15, 0.2) is 0 Å². The van der Waals surface area contributed by atoms with Gasteiger partial charge in [-0.3, -0.25) is 0 Å². The molecule has 0 radical (unpaired) electrons. The van der Waals surface area contributed by atoms with Crippen LogP contribution in [0, 0.1) is 6.92 Å². The number of thiophene rings is 1. The molecule has 0 saturated heterocycles. The summed E-state index contributed by atoms with van der Waals surface area (Å²) in [6.07, 6.45) is 0. The Morgan fingerprint density at radius 2 is 2.05 bits per heavy atom. The van der Waals surface area contributed by atoms with Gasteiger partial charge in [0.1, 0.15) is 4.34 Å². The number of hydrogen-bond donors (Lipinski definition) is 1. The van der Waals surface area contributed by atoms with Crippen molar-refractivity contribution >= 4 is 50.5 Å². The van der Waals surface area contributed by atoms with Gasteiger partial charge in [0.25, 0.3) is 0 Å². The van der Waals surface area contributed by atoms with E-state index < -0.39 is 0 Å². The fourth-order valence-corrected chi connectivity index (χ4v) is 3.90. The Hall–Kier alpha value is -0.0600. The van der Waals surface area contributed by atoms with Crippen LogP contribution in [0.15, 0.2) is 28.7 Å². The van der Waals surface area contributed by atoms with Crippen molar-refractivity contribution in [2.24, 2.45) is 0 Å². The number of aryl methyl sites for hydroxylation is 1. The predicted molar refractivity (Wildman–Crippen MR) is 88.7 cm³/mol. The molecule has 1 nitrogen and oxygen atoms in total. The van der Waals surface area contributed by atoms with Crippen LogP contribution in [0.5, 0.6) is 0 Å². The molecule has 0 aliphatic carbocycles. The van der Waals surface area contributed by atoms with E-state index in [0.717, 1.165) is 25.9 Å². The molecule has 0 aliphatic heterocycles. The molecule has 2 rings (SSSR count). The topological polar surface area (TPSA) is 12.0 Å². The van der Waals surface area contributed by atoms with E-state index in [-0.39, 0.29) is 6.04 Å². The fraction of sp³-hybridized carbons (Fsp3) is 0.286. The third-order valence-corrected chi connectivity index (χ3v) is 5.84. The maximum Gasteiger partial charge on any atom is 0.107 e. The van der Waals surface area contributed by atoms with Crippen LogP contribution >= 0.6 is 50.5 Å². The highest BCUT2D eigenvalue weighted by molar-refractivity contribution is 9.10. The summed E-state index contributed by atoms with van der Waals surface area (Å²) in [4.78, 5) is 1.19. The molecule has 0 spiro atoms. The summed E-state index contributed by atoms with van der Waals surface area (Å²) in [6, 6.07) is 8.35. The second kappa shape index (κ2) is 6.59. The highest BCUT2D eigenvalue weighted by Gasteiger charge is 2.17. The largest absolute Gasteiger partial charge is 0.306 e. The zero-order chi connectivity index (χ0) is 14.0. The summed E-state index contributed by atoms with van der Waals surface area (Å²) in [5, 5.41) is 4.29. The highest BCUT2D eigenvalue weighted by Crippen LogP contribution is 2.37. The van der Waals surface area contributed by atoms with E-state index >= 15 is 0 Å². The maximum absolute atomic E-state index is 6.14. The van der Waals surface area contributed by atoms with E-state index in [1.54, 1.807) is 11.3 Å². The molecule has 0 aliphatic rings. The van der Waals surface area contributed by atoms with Crippen molar-refractivity contribution in [2.75, 3.05) is 6.54 Å². The number of nitrogens with one attached hydrogen (secondary N) is 1. The quantitative estimate of drug-likeness (QED) is 0.706. The summed E-state index contributed by atoms with van der Waals surface area (Å²) >= 11 is 17.3. The van der Waals surface area contributed by atoms with Crippen LogP contribution in [0.3, 0.4) is 0 Å². The predicted octanol–water partition coefficient (Wildman–Crippen LogP) is 5.82. The summed E-state index contributed by atoms with van der Waals surface area (Å²) in [7, 11) is 0. The number of rotatable bonds is 4. The fourth-order valence-electron chi connectivity index (χ4n) is 1.94. The molecule has 19 heavy (non-hydrogen) atoms. The first kappa shape index (κ1) is 15.3. The highest BCUT2D eigenvalue weighted by atomic mass is 79.9. The normalized spacial score (nSPS) is 12.7. The van der Waals surface area contributed by atoms with Gasteiger partial charge in [0.05, 0.1) is 6.04 Å². The van der Waals surface area contributed by atoms with Crippen LogP contribution in [0.4, 0.5) is 0 Å². The number of hydrogen-bond acceptors (Lipinski definition) is 2. The SMILES string of the molecule is CCNC(c1ccc(Cl)c(C)c1)c1cc(Br)c(Cl)s1. The molecule has 1 aromatic carbocycles. The summed E-state index contributed by atoms with van der Waals surface area (Å²) in [5.41, 5.74) is 2.29. The molecule has 1 aromatic heterocycles. The van der Waals surface area contributed by atoms with Crippen LogP contribution in [0.1, 0.15) is 29.0 Å². The van der Waals surface area contributed by atoms with Crippen molar-refractivity contribution in [1.82, 2.24) is 5.32 Å². The van der Waals surface area contributed by atoms with Gasteiger partial charge < -0.3 is 5.32 Å². The molecule has 0 saturated carbocycles. The molecule has 102 valence electrons. The van der Waals surface area contributed by atoms with Gasteiger partial charge in [0.2, 0.25) is 0 Å². The zero-order valence-electron chi connectivity index (χ0n) is 10.6. The third kappa shape index (κ3) is 3.53. The average Bonchev–Trinajstić information content (AvgIpc) is 2.70. The molecule has 0 bridgehead atoms. The van der Waals surface area contributed by atoms with Crippen LogP contribution in [-0.4, -0.2) is 6.54 Å². The first-order valence-corrected chi connectivity index (χ1v) is 8.33. The summed E-state index contributed by atoms with van der Waals surface area (Å²) in [6.45, 7) is 5.01. The van der Waals surface area contributed by atoms with Crippen LogP contribution in [-0.2, 0) is 0 Å². The number of benzene rings is 1. The monoisotopic (exact) mass is 377 g/mol. The molecule has 1 atom stereocenters. The smallest absolute Gasteiger partial charge is 0.107 e. The van der Waals surface area contributed by atoms with E-state index in [4.69, 9.17) is 23.2 Å². The van der Waals surface area contributed by atoms with Crippen molar-refractivity contribution < 1.29 is 0 Å². The van der Waals surface area contributed by atoms with Gasteiger partial charge in [-0.2, -0.15) is 0 Å². The van der Waals surface area contributed by atoms with Gasteiger partial charge >= 0.3 is 0 Å². The lowest BCUT2D eigenvalue weighted by atomic mass is 10.0. The summed E-state index contributed by atoms with van der Waals surface area (Å²) in [5.74, 6) is 0. The molecule has 2 aromatic rings. The van der Waals surface area contributed by atoms with Crippen molar-refractivity contribution in [3.8, 4) is 0 Å². The van der Waals surface area contributed by atoms with Crippen molar-refractivity contribution in [1.29, 1.82) is 0 Å². The van der Waals surface area contributed by atoms with E-state index in [1.807, 2.05) is 13.0 Å². The zero-order valence-corrected chi connectivity index (χ0v) is 14.6. The lowest BCUT2D eigenvalue weighted by Crippen LogP contribution is -2.21. The standard InChI is InChI=1S/C14H14BrCl2NS/c1-3-18-13(12-7-10(15)14(17)19-12)9-4-5-11(16)8(2)6-9/h4-7,13,18H,3H2,1-2H3. The lowest BCUT2D eigenvalue weighted by molar-refractivity contribution is 0.639. The Morgan fingerprint density at radius 3 is 2.58 bits per heavy atom. The molecule has 0 amide bonds. The van der Waals surface area contributed by atoms with Gasteiger partial charge in [-0.25, -0.2) is 0 Å². The Bertz CT molecular complexity index is 563. The van der Waals surface area contributed by atoms with Crippen LogP contribution < -0.4 is 5.32 Å². The molecule has 5 heteroatoms. The second-order valence-electron chi connectivity index (χ2n) is 4.27. The Balaban J connectivity index is 2.41. The van der Waals surface area contributed by atoms with E-state index in [2.05, 4.69) is 46.4 Å². The van der Waals surface area contributed by atoms with Crippen LogP contribution in [0.2, 0.25) is 9.36 Å².